The quantitative estimate of drug-likeness (QED) is 0.00891. The number of unbranched alkanes of at least 4 members (excludes halogenated alkanes) is 2. The first-order valence-electron chi connectivity index (χ1n) is 42.0. The topological polar surface area (TPSA) is 505 Å². The molecule has 0 amide bonds. The highest BCUT2D eigenvalue weighted by Gasteiger charge is 2.49. The first-order valence-corrected chi connectivity index (χ1v) is 54.3. The van der Waals surface area contributed by atoms with Gasteiger partial charge in [0.1, 0.15) is 90.4 Å². The van der Waals surface area contributed by atoms with Crippen LogP contribution >= 0.6 is 27.5 Å². The molecule has 6 aliphatic heterocycles. The third-order valence-electron chi connectivity index (χ3n) is 22.1. The van der Waals surface area contributed by atoms with Gasteiger partial charge < -0.3 is 112 Å². The first-order chi connectivity index (χ1) is 58.7. The Morgan fingerprint density at radius 2 is 0.912 bits per heavy atom. The fraction of sp³-hybridized carbons (Fsp3) is 0.557. The molecule has 8 heterocycles. The van der Waals surface area contributed by atoms with Gasteiger partial charge in [-0.15, -0.1) is 58.7 Å². The lowest BCUT2D eigenvalue weighted by atomic mass is 9.98. The van der Waals surface area contributed by atoms with Crippen LogP contribution in [0.3, 0.4) is 0 Å². The zero-order chi connectivity index (χ0) is 92.3. The normalized spacial score (nSPS) is 26.3. The van der Waals surface area contributed by atoms with Crippen molar-refractivity contribution in [2.24, 2.45) is 43.3 Å². The van der Waals surface area contributed by atoms with Gasteiger partial charge in [-0.05, 0) is 171 Å². The van der Waals surface area contributed by atoms with Gasteiger partial charge in [0.05, 0.1) is 41.8 Å². The molecule has 0 spiro atoms. The van der Waals surface area contributed by atoms with Crippen LogP contribution in [0.1, 0.15) is 121 Å². The lowest BCUT2D eigenvalue weighted by Gasteiger charge is -2.32. The van der Waals surface area contributed by atoms with Crippen molar-refractivity contribution in [3.05, 3.63) is 144 Å². The van der Waals surface area contributed by atoms with Crippen molar-refractivity contribution in [2.45, 2.75) is 195 Å². The smallest absolute Gasteiger partial charge is 0.481 e. The predicted octanol–water partition coefficient (Wildman–Crippen LogP) is 5.89. The van der Waals surface area contributed by atoms with Crippen molar-refractivity contribution in [1.82, 2.24) is 28.9 Å². The third kappa shape index (κ3) is 29.2. The summed E-state index contributed by atoms with van der Waals surface area (Å²) in [5, 5.41) is 102. The fourth-order valence-corrected chi connectivity index (χ4v) is 18.6. The van der Waals surface area contributed by atoms with E-state index in [0.717, 1.165) is 53.3 Å². The fourth-order valence-electron chi connectivity index (χ4n) is 14.8. The number of aliphatic imine (C=N–C) groups is 2. The monoisotopic (exact) mass is 1810 g/mol. The first kappa shape index (κ1) is 102. The van der Waals surface area contributed by atoms with Crippen LogP contribution in [0, 0.1) is 23.7 Å². The number of carbonyl (C=O) groups excluding carboxylic acids is 2. The van der Waals surface area contributed by atoms with Crippen molar-refractivity contribution in [2.75, 3.05) is 116 Å². The number of aliphatic carboxylic acids is 1. The number of hydrogen-bond acceptors (Lipinski definition) is 30. The van der Waals surface area contributed by atoms with E-state index in [4.69, 9.17) is 61.6 Å². The second-order valence-corrected chi connectivity index (χ2v) is 52.7. The summed E-state index contributed by atoms with van der Waals surface area (Å²) >= 11 is 0. The Kier molecular flexibility index (Phi) is 37.5. The van der Waals surface area contributed by atoms with Crippen molar-refractivity contribution < 1.29 is 93.9 Å². The second kappa shape index (κ2) is 45.8. The number of carboxylic acid groups (broad SMARTS) is 1. The summed E-state index contributed by atoms with van der Waals surface area (Å²) in [5.74, 6) is 4.96. The van der Waals surface area contributed by atoms with Gasteiger partial charge in [-0.3, -0.25) is 28.7 Å². The number of ether oxygens (including phenoxy) is 6. The summed E-state index contributed by atoms with van der Waals surface area (Å²) in [4.78, 5) is 65.0. The molecule has 1 aliphatic carbocycles. The van der Waals surface area contributed by atoms with Crippen molar-refractivity contribution in [3.8, 4) is 23.0 Å². The lowest BCUT2D eigenvalue weighted by Crippen LogP contribution is -2.42. The van der Waals surface area contributed by atoms with Gasteiger partial charge in [0, 0.05) is 62.4 Å². The number of aliphatic hydroxyl groups excluding tert-OH is 9. The minimum atomic E-state index is -1.32. The Morgan fingerprint density at radius 1 is 0.536 bits per heavy atom. The van der Waals surface area contributed by atoms with Crippen LogP contribution in [0.15, 0.2) is 141 Å². The molecular formula is C88H134N14O19P4. The van der Waals surface area contributed by atoms with Crippen molar-refractivity contribution >= 4 is 94.1 Å². The van der Waals surface area contributed by atoms with E-state index in [9.17, 15) is 55.2 Å². The van der Waals surface area contributed by atoms with Gasteiger partial charge in [0.2, 0.25) is 11.2 Å². The van der Waals surface area contributed by atoms with E-state index in [0.29, 0.717) is 112 Å². The number of nitrogens with two attached hydrogens (primary N) is 4. The molecule has 2 aromatic heterocycles. The van der Waals surface area contributed by atoms with E-state index in [1.807, 2.05) is 36.4 Å². The Labute approximate surface area is 734 Å². The molecule has 6 unspecified atom stereocenters. The molecule has 4 aromatic rings. The Morgan fingerprint density at radius 3 is 1.30 bits per heavy atom. The zero-order valence-corrected chi connectivity index (χ0v) is 77.5. The molecule has 37 heteroatoms. The number of benzene rings is 2. The molecule has 7 aliphatic rings. The van der Waals surface area contributed by atoms with Crippen LogP contribution < -0.4 is 34.2 Å². The summed E-state index contributed by atoms with van der Waals surface area (Å²) in [5.41, 5.74) is 29.5. The number of anilines is 2. The molecule has 33 nitrogen and oxygen atoms in total. The van der Waals surface area contributed by atoms with Crippen LogP contribution in [-0.2, 0) is 38.0 Å². The average molecular weight is 1820 g/mol. The number of rotatable bonds is 32. The Hall–Kier alpha value is -8.05. The SMILES string of the molecule is C=C1N=C(N)C(C#CC)=CN1[C@@H]1OC(CCP(=C)(C)C)[C@@H](O)[C@H]1O.C=C1N=C(N)C(CCO)=CN1[C@@H]1OC(CCP(=C)(C)C)[C@@H](O)[C@H]1O.C=P(C)(C)CCC1O[C@@H](n2ccc(N)nc2=NCCCCC(C)C(=O)O)[C@H](O)[C@@H]1O.C=P(C)(C)CCC1O[C@@H](n2ccc(N)nc2=NCCCCC(C)C(=O)OC(=O)OCC2c3ccccc3-c3ccccc32)[C@H](O)[C@@H]1O. The lowest BCUT2D eigenvalue weighted by molar-refractivity contribution is -0.144. The molecule has 0 radical (unpaired) electrons. The molecule has 4 fully saturated rings. The molecule has 11 rings (SSSR count). The molecule has 125 heavy (non-hydrogen) atoms. The van der Waals surface area contributed by atoms with E-state index in [-0.39, 0.29) is 48.1 Å². The van der Waals surface area contributed by atoms with Crippen molar-refractivity contribution in [1.29, 1.82) is 0 Å². The summed E-state index contributed by atoms with van der Waals surface area (Å²) < 4.78 is 37.4. The summed E-state index contributed by atoms with van der Waals surface area (Å²) in [6.07, 6.45) is 18.8. The van der Waals surface area contributed by atoms with Gasteiger partial charge in [0.25, 0.3) is 0 Å². The van der Waals surface area contributed by atoms with Crippen LogP contribution in [0.4, 0.5) is 16.4 Å². The molecular weight excluding hydrogens is 1680 g/mol. The Balaban J connectivity index is 0.000000216. The highest BCUT2D eigenvalue weighted by molar-refractivity contribution is 7.73. The van der Waals surface area contributed by atoms with Gasteiger partial charge in [0.15, 0.2) is 24.9 Å². The number of carboxylic acids is 1. The summed E-state index contributed by atoms with van der Waals surface area (Å²) in [6, 6.07) is 19.2. The minimum absolute atomic E-state index is 0.0655. The van der Waals surface area contributed by atoms with Crippen LogP contribution in [0.2, 0.25) is 0 Å². The van der Waals surface area contributed by atoms with Gasteiger partial charge in [-0.25, -0.2) is 14.8 Å². The molecule has 0 bridgehead atoms. The van der Waals surface area contributed by atoms with Crippen LogP contribution in [0.25, 0.3) is 11.1 Å². The van der Waals surface area contributed by atoms with E-state index in [2.05, 4.69) is 146 Å². The number of aromatic nitrogens is 4. The number of carbonyl (C=O) groups is 3. The van der Waals surface area contributed by atoms with Crippen LogP contribution in [0.5, 0.6) is 0 Å². The number of aliphatic hydroxyl groups is 9. The molecule has 690 valence electrons. The number of hydrogen-bond donors (Lipinski definition) is 14. The standard InChI is InChI=1S/C35H45N4O7P.C20H35N4O5P.C17H26N3O3P.C16H28N3O4P/c1-22(33(42)46-35(43)44-21-27-25-14-7-5-12-23(25)24-13-6-8-15-26(24)27)11-9-10-18-37-34-38-29(36)16-19-39(34)32-31(41)30(40)28(45-32)17-20-47(2,3)4;1-13(19(27)28)7-5-6-10-22-20-23-15(21)8-11-24(20)18-17(26)16(25)14(29-18)9-12-30(2,3)4;1-6-7-12-10-20(11(2)19-16(12)18)17-15(22)14(21)13(23-17)8-9-24(3,4)5;1-10-18-15(17)11(5-7-20)9-19(10)16-14(22)13(21)12(23-16)6-8-24(2,3)4/h5-8,12-16,19,22,27-28,30-32,40-41H,2,9-11,17-18,20-21H2,1,3-4H3,(H2,36,37,38);8,11,13-14,16-18,25-26H,2,5-7,9-10,12H2,1,3-4H3,(H,27,28)(H2,21,22,23);10,13-15,17,21-22H,2-3,8-9H2,1,4-5H3,(H2,18,19);9,12-14,16,20-22H,1-2,5-8H2,3-4H3,(H2,17,18)/t22?,28?,30-,31-,32-;13?,14?,16-,17-,18-;13?,14-,15-,17-;12?,13-,14-,16-/m1111/s1. The van der Waals surface area contributed by atoms with Gasteiger partial charge >= 0.3 is 18.1 Å². The van der Waals surface area contributed by atoms with E-state index >= 15 is 0 Å². The van der Waals surface area contributed by atoms with Gasteiger partial charge in [-0.1, -0.05) is 94.3 Å². The van der Waals surface area contributed by atoms with E-state index in [1.165, 1.54) is 0 Å². The van der Waals surface area contributed by atoms with Crippen LogP contribution in [-0.4, -0.2) is 325 Å². The summed E-state index contributed by atoms with van der Waals surface area (Å²) in [7, 11) is 0. The third-order valence-corrected chi connectivity index (χ3v) is 28.0. The molecule has 18 atom stereocenters. The molecule has 4 saturated heterocycles. The predicted molar refractivity (Wildman–Crippen MR) is 500 cm³/mol. The Bertz CT molecular complexity index is 4940. The minimum Gasteiger partial charge on any atom is -0.481 e. The number of nitrogen functional groups attached to an aromatic ring is 2. The molecule has 18 N–H and O–H groups in total. The molecule has 2 aromatic carbocycles. The number of nitrogens with zero attached hydrogens (tertiary/aromatic N) is 10. The highest BCUT2D eigenvalue weighted by atomic mass is 31.2. The molecule has 0 saturated carbocycles. The van der Waals surface area contributed by atoms with E-state index < -0.39 is 150 Å². The number of amidine groups is 2. The maximum absolute atomic E-state index is 12.6. The highest BCUT2D eigenvalue weighted by Crippen LogP contribution is 2.47. The van der Waals surface area contributed by atoms with E-state index in [1.54, 1.807) is 76.6 Å². The number of esters is 1. The average Bonchev–Trinajstić information content (AvgIpc) is 1.65. The maximum atomic E-state index is 12.6. The largest absolute Gasteiger partial charge is 0.516 e. The summed E-state index contributed by atoms with van der Waals surface area (Å²) in [6.45, 7) is 25.5. The second-order valence-electron chi connectivity index (χ2n) is 35.4. The van der Waals surface area contributed by atoms with Gasteiger partial charge in [-0.2, -0.15) is 9.97 Å². The maximum Gasteiger partial charge on any atom is 0.516 e. The van der Waals surface area contributed by atoms with Crippen molar-refractivity contribution in [3.63, 3.8) is 0 Å². The number of fused-ring (bicyclic) bond motifs is 3. The zero-order valence-electron chi connectivity index (χ0n) is 73.9.